The number of aromatic nitrogens is 2. The average molecular weight is 514 g/mol. The number of nitrogens with one attached hydrogen (secondary N) is 2. The van der Waals surface area contributed by atoms with Crippen molar-refractivity contribution in [3.05, 3.63) is 66.0 Å². The quantitative estimate of drug-likeness (QED) is 0.328. The van der Waals surface area contributed by atoms with Gasteiger partial charge in [-0.3, -0.25) is 19.8 Å². The maximum Gasteiger partial charge on any atom is 0.259 e. The summed E-state index contributed by atoms with van der Waals surface area (Å²) in [6.45, 7) is 3.82. The highest BCUT2D eigenvalue weighted by atomic mass is 16.5. The highest BCUT2D eigenvalue weighted by Gasteiger charge is 2.35. The number of imide groups is 1. The van der Waals surface area contributed by atoms with E-state index in [4.69, 9.17) is 4.74 Å². The highest BCUT2D eigenvalue weighted by molar-refractivity contribution is 6.51. The van der Waals surface area contributed by atoms with Crippen molar-refractivity contribution in [1.29, 1.82) is 0 Å². The number of amides is 2. The lowest BCUT2D eigenvalue weighted by atomic mass is 9.95. The zero-order valence-corrected chi connectivity index (χ0v) is 21.5. The molecule has 9 heteroatoms. The molecule has 0 saturated carbocycles. The van der Waals surface area contributed by atoms with Crippen molar-refractivity contribution in [2.75, 3.05) is 51.8 Å². The van der Waals surface area contributed by atoms with Gasteiger partial charge in [-0.05, 0) is 18.2 Å². The third-order valence-electron chi connectivity index (χ3n) is 7.41. The normalized spacial score (nSPS) is 17.6. The average Bonchev–Trinajstić information content (AvgIpc) is 3.57. The molecular weight excluding hydrogens is 482 g/mol. The molecule has 2 amide bonds. The maximum atomic E-state index is 13.4. The second-order valence-corrected chi connectivity index (χ2v) is 10.1. The second kappa shape index (κ2) is 9.75. The van der Waals surface area contributed by atoms with E-state index in [-0.39, 0.29) is 0 Å². The molecule has 2 aliphatic heterocycles. The molecule has 2 aromatic carbocycles. The monoisotopic (exact) mass is 513 g/mol. The first-order chi connectivity index (χ1) is 18.4. The van der Waals surface area contributed by atoms with Crippen molar-refractivity contribution in [3.8, 4) is 0 Å². The minimum Gasteiger partial charge on any atom is -0.390 e. The summed E-state index contributed by atoms with van der Waals surface area (Å²) >= 11 is 0. The minimum absolute atomic E-state index is 0.348. The van der Waals surface area contributed by atoms with Gasteiger partial charge in [0.15, 0.2) is 0 Å². The van der Waals surface area contributed by atoms with E-state index < -0.39 is 17.9 Å². The summed E-state index contributed by atoms with van der Waals surface area (Å²) in [7, 11) is 3.91. The van der Waals surface area contributed by atoms with Crippen LogP contribution in [0.3, 0.4) is 0 Å². The van der Waals surface area contributed by atoms with Crippen LogP contribution >= 0.6 is 0 Å². The van der Waals surface area contributed by atoms with Crippen molar-refractivity contribution < 1.29 is 19.4 Å². The molecule has 4 aromatic rings. The molecule has 1 saturated heterocycles. The van der Waals surface area contributed by atoms with E-state index in [0.717, 1.165) is 40.6 Å². The zero-order valence-electron chi connectivity index (χ0n) is 21.5. The van der Waals surface area contributed by atoms with Crippen LogP contribution in [0.1, 0.15) is 11.1 Å². The first-order valence-corrected chi connectivity index (χ1v) is 12.9. The number of anilines is 1. The molecule has 3 N–H and O–H groups in total. The SMILES string of the molecule is CN(C)c1cccc2c1c(C1=C(c3c[nH]c4ccccc34)C(=O)NC1=O)cn2CC(O)CN1CCOCC1. The fraction of sp³-hybridized carbons (Fsp3) is 0.310. The number of aromatic amines is 1. The first kappa shape index (κ1) is 24.4. The molecule has 0 radical (unpaired) electrons. The number of para-hydroxylation sites is 1. The van der Waals surface area contributed by atoms with Crippen LogP contribution in [-0.4, -0.2) is 84.4 Å². The Morgan fingerprint density at radius 2 is 1.71 bits per heavy atom. The Kier molecular flexibility index (Phi) is 6.27. The summed E-state index contributed by atoms with van der Waals surface area (Å²) in [6, 6.07) is 13.7. The number of hydrogen-bond acceptors (Lipinski definition) is 6. The number of H-pyrrole nitrogens is 1. The highest BCUT2D eigenvalue weighted by Crippen LogP contribution is 2.41. The van der Waals surface area contributed by atoms with Crippen LogP contribution in [-0.2, 0) is 20.9 Å². The fourth-order valence-electron chi connectivity index (χ4n) is 5.66. The van der Waals surface area contributed by atoms with Crippen LogP contribution in [0.4, 0.5) is 5.69 Å². The molecule has 0 aliphatic carbocycles. The maximum absolute atomic E-state index is 13.4. The van der Waals surface area contributed by atoms with Crippen LogP contribution < -0.4 is 10.2 Å². The number of hydrogen-bond donors (Lipinski definition) is 3. The Morgan fingerprint density at radius 1 is 0.974 bits per heavy atom. The number of aliphatic hydroxyl groups is 1. The van der Waals surface area contributed by atoms with E-state index in [9.17, 15) is 14.7 Å². The Labute approximate surface area is 220 Å². The van der Waals surface area contributed by atoms with Crippen LogP contribution in [0.5, 0.6) is 0 Å². The topological polar surface area (TPSA) is 103 Å². The van der Waals surface area contributed by atoms with E-state index >= 15 is 0 Å². The van der Waals surface area contributed by atoms with Gasteiger partial charge in [0.2, 0.25) is 0 Å². The number of carbonyl (C=O) groups excluding carboxylic acids is 2. The molecule has 6 rings (SSSR count). The number of benzene rings is 2. The molecule has 2 aliphatic rings. The van der Waals surface area contributed by atoms with E-state index in [1.807, 2.05) is 72.2 Å². The van der Waals surface area contributed by atoms with Gasteiger partial charge in [-0.2, -0.15) is 0 Å². The standard InChI is InChI=1S/C29H31N5O4/c1-32(2)23-8-5-9-24-25(23)21(17-34(24)16-18(35)15-33-10-12-38-13-11-33)27-26(28(36)31-29(27)37)20-14-30-22-7-4-3-6-19(20)22/h3-9,14,17-18,30,35H,10-13,15-16H2,1-2H3,(H,31,36,37). The molecule has 1 fully saturated rings. The van der Waals surface area contributed by atoms with Gasteiger partial charge in [0.05, 0.1) is 36.0 Å². The number of ether oxygens (including phenoxy) is 1. The number of aliphatic hydroxyl groups excluding tert-OH is 1. The van der Waals surface area contributed by atoms with Crippen molar-refractivity contribution in [2.45, 2.75) is 12.6 Å². The Balaban J connectivity index is 1.51. The Bertz CT molecular complexity index is 1570. The van der Waals surface area contributed by atoms with Gasteiger partial charge in [0.1, 0.15) is 0 Å². The number of carbonyl (C=O) groups is 2. The summed E-state index contributed by atoms with van der Waals surface area (Å²) in [6.07, 6.45) is 3.08. The zero-order chi connectivity index (χ0) is 26.4. The lowest BCUT2D eigenvalue weighted by molar-refractivity contribution is -0.122. The third-order valence-corrected chi connectivity index (χ3v) is 7.41. The number of β-amino-alcohol motifs (C(OH)–C–C–N with tert-alkyl or cyclic N) is 1. The van der Waals surface area contributed by atoms with Gasteiger partial charge in [-0.25, -0.2) is 0 Å². The van der Waals surface area contributed by atoms with Crippen LogP contribution in [0, 0.1) is 0 Å². The van der Waals surface area contributed by atoms with Crippen molar-refractivity contribution in [1.82, 2.24) is 19.8 Å². The predicted octanol–water partition coefficient (Wildman–Crippen LogP) is 2.45. The van der Waals surface area contributed by atoms with Crippen LogP contribution in [0.15, 0.2) is 54.9 Å². The van der Waals surface area contributed by atoms with Gasteiger partial charge in [-0.15, -0.1) is 0 Å². The van der Waals surface area contributed by atoms with E-state index in [1.54, 1.807) is 6.20 Å². The molecule has 0 spiro atoms. The number of morpholine rings is 1. The minimum atomic E-state index is -0.610. The second-order valence-electron chi connectivity index (χ2n) is 10.1. The lowest BCUT2D eigenvalue weighted by Gasteiger charge is -2.28. The molecule has 0 bridgehead atoms. The molecule has 38 heavy (non-hydrogen) atoms. The summed E-state index contributed by atoms with van der Waals surface area (Å²) in [5.74, 6) is -0.831. The van der Waals surface area contributed by atoms with Gasteiger partial charge < -0.3 is 24.3 Å². The number of nitrogens with zero attached hydrogens (tertiary/aromatic N) is 3. The van der Waals surface area contributed by atoms with Gasteiger partial charge in [0.25, 0.3) is 11.8 Å². The summed E-state index contributed by atoms with van der Waals surface area (Å²) in [5, 5.41) is 15.3. The Hall–Kier alpha value is -3.92. The van der Waals surface area contributed by atoms with E-state index in [0.29, 0.717) is 48.6 Å². The number of fused-ring (bicyclic) bond motifs is 2. The van der Waals surface area contributed by atoms with Gasteiger partial charge in [0, 0.05) is 85.8 Å². The smallest absolute Gasteiger partial charge is 0.259 e. The molecule has 1 atom stereocenters. The third kappa shape index (κ3) is 4.18. The fourth-order valence-corrected chi connectivity index (χ4v) is 5.66. The molecule has 2 aromatic heterocycles. The van der Waals surface area contributed by atoms with E-state index in [2.05, 4.69) is 15.2 Å². The summed E-state index contributed by atoms with van der Waals surface area (Å²) in [4.78, 5) is 34.0. The molecule has 9 nitrogen and oxygen atoms in total. The predicted molar refractivity (Wildman–Crippen MR) is 148 cm³/mol. The largest absolute Gasteiger partial charge is 0.390 e. The van der Waals surface area contributed by atoms with Crippen LogP contribution in [0.2, 0.25) is 0 Å². The van der Waals surface area contributed by atoms with E-state index in [1.165, 1.54) is 0 Å². The molecule has 1 unspecified atom stereocenters. The summed E-state index contributed by atoms with van der Waals surface area (Å²) < 4.78 is 7.43. The number of rotatable bonds is 7. The molecular formula is C29H31N5O4. The molecule has 196 valence electrons. The first-order valence-electron chi connectivity index (χ1n) is 12.9. The van der Waals surface area contributed by atoms with Gasteiger partial charge in [-0.1, -0.05) is 24.3 Å². The van der Waals surface area contributed by atoms with Crippen molar-refractivity contribution in [3.63, 3.8) is 0 Å². The summed E-state index contributed by atoms with van der Waals surface area (Å²) in [5.41, 5.74) is 4.78. The van der Waals surface area contributed by atoms with Crippen molar-refractivity contribution >= 4 is 50.5 Å². The lowest BCUT2D eigenvalue weighted by Crippen LogP contribution is -2.41. The Morgan fingerprint density at radius 3 is 2.47 bits per heavy atom. The van der Waals surface area contributed by atoms with Crippen molar-refractivity contribution in [2.24, 2.45) is 0 Å². The molecule has 4 heterocycles. The van der Waals surface area contributed by atoms with Gasteiger partial charge >= 0.3 is 0 Å². The van der Waals surface area contributed by atoms with Crippen LogP contribution in [0.25, 0.3) is 33.0 Å².